The average molecular weight is 367 g/mol. The summed E-state index contributed by atoms with van der Waals surface area (Å²) in [5.74, 6) is -0.162. The van der Waals surface area contributed by atoms with E-state index in [-0.39, 0.29) is 11.7 Å². The van der Waals surface area contributed by atoms with E-state index in [2.05, 4.69) is 27.4 Å². The first kappa shape index (κ1) is 16.8. The molecule has 1 atom stereocenters. The third-order valence-corrected chi connectivity index (χ3v) is 5.87. The van der Waals surface area contributed by atoms with Gasteiger partial charge in [-0.05, 0) is 30.7 Å². The summed E-state index contributed by atoms with van der Waals surface area (Å²) in [4.78, 5) is 38.5. The van der Waals surface area contributed by atoms with Crippen molar-refractivity contribution in [1.82, 2.24) is 15.2 Å². The largest absolute Gasteiger partial charge is 0.365 e. The lowest BCUT2D eigenvalue weighted by Crippen LogP contribution is -2.20. The zero-order valence-electron chi connectivity index (χ0n) is 13.0. The second kappa shape index (κ2) is 6.81. The Bertz CT molecular complexity index is 838. The van der Waals surface area contributed by atoms with Gasteiger partial charge in [-0.2, -0.15) is 0 Å². The molecular weight excluding hydrogens is 350 g/mol. The molecule has 3 rings (SSSR count). The fourth-order valence-electron chi connectivity index (χ4n) is 2.72. The number of aromatic nitrogens is 3. The molecule has 0 spiro atoms. The van der Waals surface area contributed by atoms with E-state index >= 15 is 0 Å². The van der Waals surface area contributed by atoms with Crippen molar-refractivity contribution in [2.24, 2.45) is 11.7 Å². The number of fused-ring (bicyclic) bond motifs is 1. The van der Waals surface area contributed by atoms with Gasteiger partial charge in [0, 0.05) is 4.88 Å². The lowest BCUT2D eigenvalue weighted by atomic mass is 9.88. The molecule has 2 amide bonds. The van der Waals surface area contributed by atoms with E-state index in [0.717, 1.165) is 41.5 Å². The zero-order valence-corrected chi connectivity index (χ0v) is 14.6. The summed E-state index contributed by atoms with van der Waals surface area (Å²) in [5.41, 5.74) is 6.51. The highest BCUT2D eigenvalue weighted by Crippen LogP contribution is 2.39. The Kier molecular flexibility index (Phi) is 4.76. The Morgan fingerprint density at radius 3 is 2.96 bits per heavy atom. The third kappa shape index (κ3) is 3.54. The second-order valence-electron chi connectivity index (χ2n) is 5.74. The SMILES string of the molecule is CC1CCc2c(sc(NC(=O)CSc3n[nH]c(=O)[nH]3)c2C(N)=O)C1. The molecule has 1 aliphatic rings. The number of nitrogens with one attached hydrogen (secondary N) is 3. The number of carbonyl (C=O) groups is 2. The molecule has 128 valence electrons. The van der Waals surface area contributed by atoms with Crippen LogP contribution in [0.3, 0.4) is 0 Å². The number of anilines is 1. The van der Waals surface area contributed by atoms with Crippen molar-refractivity contribution in [3.05, 3.63) is 26.5 Å². The van der Waals surface area contributed by atoms with Gasteiger partial charge in [0.05, 0.1) is 11.3 Å². The van der Waals surface area contributed by atoms with Gasteiger partial charge in [-0.15, -0.1) is 16.4 Å². The molecule has 2 aromatic rings. The molecule has 1 unspecified atom stereocenters. The highest BCUT2D eigenvalue weighted by molar-refractivity contribution is 7.99. The molecule has 0 bridgehead atoms. The van der Waals surface area contributed by atoms with Gasteiger partial charge >= 0.3 is 5.69 Å². The molecule has 0 fully saturated rings. The highest BCUT2D eigenvalue weighted by atomic mass is 32.2. The molecule has 0 saturated carbocycles. The number of hydrogen-bond donors (Lipinski definition) is 4. The first-order valence-electron chi connectivity index (χ1n) is 7.45. The average Bonchev–Trinajstić information content (AvgIpc) is 3.07. The van der Waals surface area contributed by atoms with Crippen LogP contribution in [-0.4, -0.2) is 32.7 Å². The normalized spacial score (nSPS) is 16.6. The summed E-state index contributed by atoms with van der Waals surface area (Å²) in [5, 5.41) is 9.57. The van der Waals surface area contributed by atoms with Crippen LogP contribution in [0.5, 0.6) is 0 Å². The summed E-state index contributed by atoms with van der Waals surface area (Å²) in [6.45, 7) is 2.17. The number of aromatic amines is 2. The van der Waals surface area contributed by atoms with E-state index < -0.39 is 11.6 Å². The van der Waals surface area contributed by atoms with E-state index in [0.29, 0.717) is 21.6 Å². The van der Waals surface area contributed by atoms with E-state index in [1.807, 2.05) is 0 Å². The van der Waals surface area contributed by atoms with Crippen LogP contribution in [0.15, 0.2) is 9.95 Å². The molecule has 0 aliphatic heterocycles. The first-order valence-corrected chi connectivity index (χ1v) is 9.26. The molecule has 24 heavy (non-hydrogen) atoms. The predicted molar refractivity (Wildman–Crippen MR) is 92.6 cm³/mol. The van der Waals surface area contributed by atoms with Gasteiger partial charge in [-0.1, -0.05) is 18.7 Å². The quantitative estimate of drug-likeness (QED) is 0.588. The molecule has 0 radical (unpaired) electrons. The van der Waals surface area contributed by atoms with Gasteiger partial charge in [-0.25, -0.2) is 9.89 Å². The summed E-state index contributed by atoms with van der Waals surface area (Å²) in [7, 11) is 0. The Hall–Kier alpha value is -2.07. The number of primary amides is 1. The maximum absolute atomic E-state index is 12.1. The highest BCUT2D eigenvalue weighted by Gasteiger charge is 2.27. The van der Waals surface area contributed by atoms with Gasteiger partial charge < -0.3 is 11.1 Å². The van der Waals surface area contributed by atoms with Crippen LogP contribution in [-0.2, 0) is 17.6 Å². The van der Waals surface area contributed by atoms with Crippen molar-refractivity contribution in [3.63, 3.8) is 0 Å². The van der Waals surface area contributed by atoms with Crippen LogP contribution in [0, 0.1) is 5.92 Å². The molecular formula is C14H17N5O3S2. The van der Waals surface area contributed by atoms with Gasteiger partial charge in [0.15, 0.2) is 5.16 Å². The molecule has 2 aromatic heterocycles. The summed E-state index contributed by atoms with van der Waals surface area (Å²) in [6.07, 6.45) is 2.73. The van der Waals surface area contributed by atoms with E-state index in [1.54, 1.807) is 0 Å². The van der Waals surface area contributed by atoms with Crippen molar-refractivity contribution < 1.29 is 9.59 Å². The Labute approximate surface area is 145 Å². The van der Waals surface area contributed by atoms with Gasteiger partial charge in [0.2, 0.25) is 5.91 Å². The van der Waals surface area contributed by atoms with Crippen molar-refractivity contribution in [2.45, 2.75) is 31.3 Å². The smallest absolute Gasteiger partial charge is 0.341 e. The van der Waals surface area contributed by atoms with Crippen LogP contribution in [0.2, 0.25) is 0 Å². The van der Waals surface area contributed by atoms with E-state index in [4.69, 9.17) is 5.73 Å². The van der Waals surface area contributed by atoms with Crippen molar-refractivity contribution in [1.29, 1.82) is 0 Å². The lowest BCUT2D eigenvalue weighted by molar-refractivity contribution is -0.113. The molecule has 5 N–H and O–H groups in total. The van der Waals surface area contributed by atoms with Crippen LogP contribution < -0.4 is 16.7 Å². The third-order valence-electron chi connectivity index (χ3n) is 3.83. The maximum Gasteiger partial charge on any atom is 0.341 e. The fraction of sp³-hybridized carbons (Fsp3) is 0.429. The van der Waals surface area contributed by atoms with Crippen molar-refractivity contribution in [3.8, 4) is 0 Å². The molecule has 0 saturated heterocycles. The minimum atomic E-state index is -0.512. The Balaban J connectivity index is 1.73. The number of nitrogens with zero attached hydrogens (tertiary/aromatic N) is 1. The van der Waals surface area contributed by atoms with Crippen LogP contribution in [0.1, 0.15) is 34.1 Å². The standard InChI is InChI=1S/C14H17N5O3S2/c1-6-2-3-7-8(4-6)24-12(10(7)11(15)21)16-9(20)5-23-14-17-13(22)18-19-14/h6H,2-5H2,1H3,(H2,15,21)(H,16,20)(H2,17,18,19,22). The van der Waals surface area contributed by atoms with Gasteiger partial charge in [-0.3, -0.25) is 14.6 Å². The number of carbonyl (C=O) groups excluding carboxylic acids is 2. The van der Waals surface area contributed by atoms with E-state index in [1.165, 1.54) is 11.3 Å². The molecule has 1 aliphatic carbocycles. The monoisotopic (exact) mass is 367 g/mol. The maximum atomic E-state index is 12.1. The minimum absolute atomic E-state index is 0.0674. The number of amides is 2. The van der Waals surface area contributed by atoms with Crippen molar-refractivity contribution in [2.75, 3.05) is 11.1 Å². The van der Waals surface area contributed by atoms with Crippen molar-refractivity contribution >= 4 is 39.9 Å². The van der Waals surface area contributed by atoms with Gasteiger partial charge in [0.1, 0.15) is 5.00 Å². The Morgan fingerprint density at radius 1 is 1.50 bits per heavy atom. The Morgan fingerprint density at radius 2 is 2.29 bits per heavy atom. The second-order valence-corrected chi connectivity index (χ2v) is 7.81. The number of thiophene rings is 1. The summed E-state index contributed by atoms with van der Waals surface area (Å²) in [6, 6.07) is 0. The fourth-order valence-corrected chi connectivity index (χ4v) is 4.77. The van der Waals surface area contributed by atoms with Crippen LogP contribution in [0.25, 0.3) is 0 Å². The molecule has 0 aromatic carbocycles. The summed E-state index contributed by atoms with van der Waals surface area (Å²) >= 11 is 2.52. The predicted octanol–water partition coefficient (Wildman–Crippen LogP) is 1.11. The molecule has 10 heteroatoms. The van der Waals surface area contributed by atoms with Crippen LogP contribution >= 0.6 is 23.1 Å². The van der Waals surface area contributed by atoms with Crippen LogP contribution in [0.4, 0.5) is 5.00 Å². The number of nitrogens with two attached hydrogens (primary N) is 1. The number of H-pyrrole nitrogens is 2. The molecule has 8 nitrogen and oxygen atoms in total. The topological polar surface area (TPSA) is 134 Å². The number of hydrogen-bond acceptors (Lipinski definition) is 6. The lowest BCUT2D eigenvalue weighted by Gasteiger charge is -2.18. The van der Waals surface area contributed by atoms with E-state index in [9.17, 15) is 14.4 Å². The zero-order chi connectivity index (χ0) is 17.3. The first-order chi connectivity index (χ1) is 11.4. The van der Waals surface area contributed by atoms with Gasteiger partial charge in [0.25, 0.3) is 5.91 Å². The number of rotatable bonds is 5. The molecule has 2 heterocycles. The summed E-state index contributed by atoms with van der Waals surface area (Å²) < 4.78 is 0. The minimum Gasteiger partial charge on any atom is -0.365 e. The number of thioether (sulfide) groups is 1.